The Balaban J connectivity index is 1.93. The number of carbonyl (C=O) groups is 1. The molecule has 0 aromatic heterocycles. The van der Waals surface area contributed by atoms with Gasteiger partial charge in [0.15, 0.2) is 0 Å². The lowest BCUT2D eigenvalue weighted by atomic mass is 9.88. The second kappa shape index (κ2) is 6.45. The molecule has 1 aliphatic rings. The lowest BCUT2D eigenvalue weighted by Crippen LogP contribution is -2.30. The first-order chi connectivity index (χ1) is 9.20. The maximum atomic E-state index is 11.9. The molecule has 2 atom stereocenters. The van der Waals surface area contributed by atoms with Crippen LogP contribution in [0.4, 0.5) is 10.5 Å². The number of hydrogen-bond acceptors (Lipinski definition) is 3. The van der Waals surface area contributed by atoms with Crippen LogP contribution < -0.4 is 10.1 Å². The summed E-state index contributed by atoms with van der Waals surface area (Å²) in [5.41, 5.74) is 0.637. The van der Waals surface area contributed by atoms with E-state index in [1.54, 1.807) is 19.2 Å². The van der Waals surface area contributed by atoms with Crippen molar-refractivity contribution in [1.82, 2.24) is 0 Å². The lowest BCUT2D eigenvalue weighted by molar-refractivity contribution is 0.0524. The second-order valence-corrected chi connectivity index (χ2v) is 5.03. The van der Waals surface area contributed by atoms with E-state index >= 15 is 0 Å². The Labute approximate surface area is 114 Å². The normalized spacial score (nSPS) is 22.6. The molecule has 1 aliphatic carbocycles. The topological polar surface area (TPSA) is 47.6 Å². The van der Waals surface area contributed by atoms with E-state index in [0.717, 1.165) is 19.3 Å². The van der Waals surface area contributed by atoms with Gasteiger partial charge in [0.25, 0.3) is 0 Å². The van der Waals surface area contributed by atoms with Crippen LogP contribution in [0.2, 0.25) is 0 Å². The second-order valence-electron chi connectivity index (χ2n) is 5.03. The first-order valence-corrected chi connectivity index (χ1v) is 6.81. The van der Waals surface area contributed by atoms with Crippen LogP contribution >= 0.6 is 0 Å². The van der Waals surface area contributed by atoms with Crippen molar-refractivity contribution in [2.45, 2.75) is 38.7 Å². The monoisotopic (exact) mass is 263 g/mol. The van der Waals surface area contributed by atoms with Gasteiger partial charge >= 0.3 is 6.09 Å². The van der Waals surface area contributed by atoms with Crippen molar-refractivity contribution in [2.75, 3.05) is 12.4 Å². The number of ether oxygens (including phenoxy) is 2. The number of rotatable bonds is 3. The van der Waals surface area contributed by atoms with Gasteiger partial charge in [-0.3, -0.25) is 5.32 Å². The van der Waals surface area contributed by atoms with Crippen molar-refractivity contribution in [3.05, 3.63) is 24.3 Å². The Kier molecular flexibility index (Phi) is 4.66. The molecule has 0 spiro atoms. The average molecular weight is 263 g/mol. The molecule has 0 bridgehead atoms. The van der Waals surface area contributed by atoms with Gasteiger partial charge in [-0.2, -0.15) is 0 Å². The third kappa shape index (κ3) is 3.63. The van der Waals surface area contributed by atoms with E-state index in [1.165, 1.54) is 6.42 Å². The van der Waals surface area contributed by atoms with Gasteiger partial charge in [0.05, 0.1) is 12.8 Å². The smallest absolute Gasteiger partial charge is 0.412 e. The van der Waals surface area contributed by atoms with Crippen molar-refractivity contribution in [2.24, 2.45) is 5.92 Å². The number of benzene rings is 1. The zero-order chi connectivity index (χ0) is 13.7. The van der Waals surface area contributed by atoms with E-state index < -0.39 is 6.09 Å². The van der Waals surface area contributed by atoms with E-state index in [2.05, 4.69) is 12.2 Å². The minimum Gasteiger partial charge on any atom is -0.495 e. The lowest BCUT2D eigenvalue weighted by Gasteiger charge is -2.28. The zero-order valence-corrected chi connectivity index (χ0v) is 11.5. The maximum absolute atomic E-state index is 11.9. The standard InChI is InChI=1S/C15H21NO3/c1-11-7-3-5-9-13(11)19-15(17)16-12-8-4-6-10-14(12)18-2/h4,6,8,10-11,13H,3,5,7,9H2,1-2H3,(H,16,17). The Morgan fingerprint density at radius 1 is 1.26 bits per heavy atom. The van der Waals surface area contributed by atoms with E-state index in [4.69, 9.17) is 9.47 Å². The molecule has 4 heteroatoms. The van der Waals surface area contributed by atoms with Gasteiger partial charge in [-0.1, -0.05) is 25.5 Å². The fourth-order valence-electron chi connectivity index (χ4n) is 2.48. The van der Waals surface area contributed by atoms with Crippen LogP contribution in [0.5, 0.6) is 5.75 Å². The SMILES string of the molecule is COc1ccccc1NC(=O)OC1CCCCC1C. The van der Waals surface area contributed by atoms with Crippen molar-refractivity contribution in [3.63, 3.8) is 0 Å². The molecule has 0 aliphatic heterocycles. The highest BCUT2D eigenvalue weighted by molar-refractivity contribution is 5.86. The number of methoxy groups -OCH3 is 1. The molecule has 1 amide bonds. The molecule has 0 radical (unpaired) electrons. The van der Waals surface area contributed by atoms with Crippen LogP contribution in [0, 0.1) is 5.92 Å². The molecule has 2 rings (SSSR count). The van der Waals surface area contributed by atoms with E-state index in [9.17, 15) is 4.79 Å². The first kappa shape index (κ1) is 13.7. The molecule has 1 fully saturated rings. The summed E-state index contributed by atoms with van der Waals surface area (Å²) < 4.78 is 10.7. The molecule has 1 N–H and O–H groups in total. The number of para-hydroxylation sites is 2. The number of hydrogen-bond donors (Lipinski definition) is 1. The van der Waals surface area contributed by atoms with Gasteiger partial charge in [-0.25, -0.2) is 4.79 Å². The Morgan fingerprint density at radius 3 is 2.74 bits per heavy atom. The summed E-state index contributed by atoms with van der Waals surface area (Å²) in [4.78, 5) is 11.9. The summed E-state index contributed by atoms with van der Waals surface area (Å²) >= 11 is 0. The maximum Gasteiger partial charge on any atom is 0.412 e. The van der Waals surface area contributed by atoms with Crippen molar-refractivity contribution in [3.8, 4) is 5.75 Å². The van der Waals surface area contributed by atoms with Gasteiger partial charge in [-0.05, 0) is 37.3 Å². The summed E-state index contributed by atoms with van der Waals surface area (Å²) in [5, 5.41) is 2.74. The quantitative estimate of drug-likeness (QED) is 0.901. The molecule has 2 unspecified atom stereocenters. The predicted octanol–water partition coefficient (Wildman–Crippen LogP) is 3.82. The summed E-state index contributed by atoms with van der Waals surface area (Å²) in [6.45, 7) is 2.14. The van der Waals surface area contributed by atoms with Crippen LogP contribution in [0.3, 0.4) is 0 Å². The van der Waals surface area contributed by atoms with Crippen molar-refractivity contribution < 1.29 is 14.3 Å². The summed E-state index contributed by atoms with van der Waals surface area (Å²) in [6.07, 6.45) is 4.09. The molecule has 0 heterocycles. The number of carbonyl (C=O) groups excluding carboxylic acids is 1. The molecule has 0 saturated heterocycles. The Morgan fingerprint density at radius 2 is 2.00 bits per heavy atom. The van der Waals surface area contributed by atoms with Gasteiger partial charge in [0.1, 0.15) is 11.9 Å². The molecular formula is C15H21NO3. The fraction of sp³-hybridized carbons (Fsp3) is 0.533. The van der Waals surface area contributed by atoms with E-state index in [0.29, 0.717) is 17.4 Å². The van der Waals surface area contributed by atoms with Crippen LogP contribution in [0.1, 0.15) is 32.6 Å². The first-order valence-electron chi connectivity index (χ1n) is 6.81. The van der Waals surface area contributed by atoms with Crippen LogP contribution in [0.15, 0.2) is 24.3 Å². The number of anilines is 1. The highest BCUT2D eigenvalue weighted by atomic mass is 16.6. The minimum atomic E-state index is -0.400. The fourth-order valence-corrected chi connectivity index (χ4v) is 2.48. The third-order valence-corrected chi connectivity index (χ3v) is 3.63. The largest absolute Gasteiger partial charge is 0.495 e. The highest BCUT2D eigenvalue weighted by Gasteiger charge is 2.25. The van der Waals surface area contributed by atoms with Crippen LogP contribution in [0.25, 0.3) is 0 Å². The van der Waals surface area contributed by atoms with Crippen molar-refractivity contribution in [1.29, 1.82) is 0 Å². The van der Waals surface area contributed by atoms with Crippen molar-refractivity contribution >= 4 is 11.8 Å². The van der Waals surface area contributed by atoms with Crippen LogP contribution in [-0.4, -0.2) is 19.3 Å². The number of nitrogens with one attached hydrogen (secondary N) is 1. The molecule has 104 valence electrons. The van der Waals surface area contributed by atoms with Gasteiger partial charge in [0.2, 0.25) is 0 Å². The third-order valence-electron chi connectivity index (χ3n) is 3.63. The van der Waals surface area contributed by atoms with Gasteiger partial charge in [-0.15, -0.1) is 0 Å². The molecule has 1 saturated carbocycles. The van der Waals surface area contributed by atoms with E-state index in [-0.39, 0.29) is 6.10 Å². The highest BCUT2D eigenvalue weighted by Crippen LogP contribution is 2.27. The molecular weight excluding hydrogens is 242 g/mol. The Bertz CT molecular complexity index is 433. The Hall–Kier alpha value is -1.71. The molecule has 1 aromatic carbocycles. The number of amides is 1. The van der Waals surface area contributed by atoms with E-state index in [1.807, 2.05) is 12.1 Å². The van der Waals surface area contributed by atoms with Gasteiger partial charge in [0, 0.05) is 0 Å². The van der Waals surface area contributed by atoms with Gasteiger partial charge < -0.3 is 9.47 Å². The molecule has 4 nitrogen and oxygen atoms in total. The predicted molar refractivity (Wildman–Crippen MR) is 74.5 cm³/mol. The summed E-state index contributed by atoms with van der Waals surface area (Å²) in [6, 6.07) is 7.31. The minimum absolute atomic E-state index is 0.0310. The molecule has 1 aromatic rings. The molecule has 19 heavy (non-hydrogen) atoms. The summed E-state index contributed by atoms with van der Waals surface area (Å²) in [7, 11) is 1.58. The zero-order valence-electron chi connectivity index (χ0n) is 11.5. The summed E-state index contributed by atoms with van der Waals surface area (Å²) in [5.74, 6) is 1.08. The van der Waals surface area contributed by atoms with Crippen LogP contribution in [-0.2, 0) is 4.74 Å². The average Bonchev–Trinajstić information content (AvgIpc) is 2.42.